The lowest BCUT2D eigenvalue weighted by atomic mass is 9.86. The summed E-state index contributed by atoms with van der Waals surface area (Å²) in [5.41, 5.74) is 2.69. The zero-order valence-corrected chi connectivity index (χ0v) is 15.7. The molecule has 0 bridgehead atoms. The summed E-state index contributed by atoms with van der Waals surface area (Å²) in [6.07, 6.45) is 14.4. The smallest absolute Gasteiger partial charge is 0.198 e. The molecule has 1 aromatic carbocycles. The fraction of sp³-hybridized carbons (Fsp3) is 0.636. The second-order valence-corrected chi connectivity index (χ2v) is 7.58. The van der Waals surface area contributed by atoms with E-state index in [4.69, 9.17) is 14.5 Å². The fourth-order valence-electron chi connectivity index (χ4n) is 3.61. The maximum Gasteiger partial charge on any atom is 0.198 e. The third kappa shape index (κ3) is 5.40. The Morgan fingerprint density at radius 2 is 1.72 bits per heavy atom. The van der Waals surface area contributed by atoms with Crippen LogP contribution in [-0.2, 0) is 14.5 Å². The van der Waals surface area contributed by atoms with Gasteiger partial charge in [-0.25, -0.2) is 9.78 Å². The van der Waals surface area contributed by atoms with Gasteiger partial charge in [-0.3, -0.25) is 0 Å². The van der Waals surface area contributed by atoms with Gasteiger partial charge in [-0.2, -0.15) is 0 Å². The van der Waals surface area contributed by atoms with E-state index in [1.807, 2.05) is 19.9 Å². The summed E-state index contributed by atoms with van der Waals surface area (Å²) in [6.45, 7) is 4.46. The minimum atomic E-state index is -0.608. The van der Waals surface area contributed by atoms with Crippen LogP contribution in [0.15, 0.2) is 30.3 Å². The highest BCUT2D eigenvalue weighted by atomic mass is 17.2. The average molecular weight is 344 g/mol. The molecule has 25 heavy (non-hydrogen) atoms. The highest BCUT2D eigenvalue weighted by Gasteiger charge is 2.32. The van der Waals surface area contributed by atoms with Gasteiger partial charge in [0, 0.05) is 6.42 Å². The van der Waals surface area contributed by atoms with E-state index >= 15 is 0 Å². The van der Waals surface area contributed by atoms with Crippen molar-refractivity contribution in [2.75, 3.05) is 6.61 Å². The van der Waals surface area contributed by atoms with Crippen LogP contribution >= 0.6 is 0 Å². The first-order chi connectivity index (χ1) is 12.2. The van der Waals surface area contributed by atoms with Crippen LogP contribution in [0.4, 0.5) is 0 Å². The number of rotatable bonds is 4. The van der Waals surface area contributed by atoms with Crippen LogP contribution < -0.4 is 0 Å². The zero-order chi connectivity index (χ0) is 17.5. The molecule has 0 amide bonds. The van der Waals surface area contributed by atoms with E-state index in [1.54, 1.807) is 0 Å². The Balaban J connectivity index is 1.53. The molecule has 1 aromatic rings. The van der Waals surface area contributed by atoms with E-state index in [9.17, 15) is 0 Å². The molecule has 138 valence electrons. The summed E-state index contributed by atoms with van der Waals surface area (Å²) in [7, 11) is 0. The topological polar surface area (TPSA) is 27.7 Å². The van der Waals surface area contributed by atoms with E-state index in [-0.39, 0.29) is 6.10 Å². The second kappa shape index (κ2) is 8.98. The van der Waals surface area contributed by atoms with Crippen molar-refractivity contribution in [3.63, 3.8) is 0 Å². The Morgan fingerprint density at radius 3 is 2.32 bits per heavy atom. The highest BCUT2D eigenvalue weighted by molar-refractivity contribution is 5.50. The molecule has 2 aliphatic rings. The molecule has 1 saturated heterocycles. The average Bonchev–Trinajstić information content (AvgIpc) is 2.62. The molecule has 3 rings (SSSR count). The van der Waals surface area contributed by atoms with Gasteiger partial charge in [0.25, 0.3) is 0 Å². The van der Waals surface area contributed by atoms with Crippen LogP contribution in [-0.4, -0.2) is 18.5 Å². The Hall–Kier alpha value is -1.16. The van der Waals surface area contributed by atoms with Crippen molar-refractivity contribution in [2.45, 2.75) is 83.0 Å². The molecule has 0 N–H and O–H groups in total. The van der Waals surface area contributed by atoms with Crippen molar-refractivity contribution in [1.82, 2.24) is 0 Å². The van der Waals surface area contributed by atoms with Crippen LogP contribution in [0, 0.1) is 0 Å². The second-order valence-electron chi connectivity index (χ2n) is 7.58. The van der Waals surface area contributed by atoms with Gasteiger partial charge < -0.3 is 4.74 Å². The van der Waals surface area contributed by atoms with Gasteiger partial charge in [-0.05, 0) is 42.9 Å². The van der Waals surface area contributed by atoms with Gasteiger partial charge in [0.05, 0.1) is 6.61 Å². The summed E-state index contributed by atoms with van der Waals surface area (Å²) in [4.78, 5) is 10.8. The van der Waals surface area contributed by atoms with Crippen molar-refractivity contribution in [1.29, 1.82) is 0 Å². The molecule has 1 aliphatic heterocycles. The minimum absolute atomic E-state index is 0.148. The molecule has 1 aliphatic carbocycles. The van der Waals surface area contributed by atoms with Crippen LogP contribution in [0.5, 0.6) is 0 Å². The summed E-state index contributed by atoms with van der Waals surface area (Å²) in [5.74, 6) is 0.136. The van der Waals surface area contributed by atoms with Gasteiger partial charge in [-0.15, -0.1) is 0 Å². The molecule has 1 saturated carbocycles. The van der Waals surface area contributed by atoms with E-state index < -0.39 is 5.79 Å². The molecule has 2 unspecified atom stereocenters. The molecule has 2 atom stereocenters. The minimum Gasteiger partial charge on any atom is -0.344 e. The third-order valence-electron chi connectivity index (χ3n) is 5.56. The largest absolute Gasteiger partial charge is 0.344 e. The van der Waals surface area contributed by atoms with Gasteiger partial charge in [-0.1, -0.05) is 69.4 Å². The normalized spacial score (nSPS) is 29.4. The van der Waals surface area contributed by atoms with E-state index in [0.29, 0.717) is 6.61 Å². The van der Waals surface area contributed by atoms with Gasteiger partial charge in [0.15, 0.2) is 5.79 Å². The molecule has 0 aromatic heterocycles. The summed E-state index contributed by atoms with van der Waals surface area (Å²) in [6, 6.07) is 9.03. The Bertz CT molecular complexity index is 533. The number of benzene rings is 1. The first kappa shape index (κ1) is 18.6. The standard InChI is InChI=1S/C22H32O3/c1-3-22(2)23-17-21(24-25-22)16-13-18-11-14-20(15-12-18)19-9-7-5-4-6-8-10-19/h11-16,19,21H,3-10,17H2,1-2H3/b16-13+. The molecule has 2 fully saturated rings. The summed E-state index contributed by atoms with van der Waals surface area (Å²) < 4.78 is 5.74. The highest BCUT2D eigenvalue weighted by Crippen LogP contribution is 2.31. The molecule has 0 spiro atoms. The van der Waals surface area contributed by atoms with Gasteiger partial charge in [0.1, 0.15) is 6.10 Å². The van der Waals surface area contributed by atoms with E-state index in [2.05, 4.69) is 30.3 Å². The van der Waals surface area contributed by atoms with Gasteiger partial charge in [0.2, 0.25) is 0 Å². The maximum absolute atomic E-state index is 5.74. The molecule has 3 nitrogen and oxygen atoms in total. The van der Waals surface area contributed by atoms with Gasteiger partial charge >= 0.3 is 0 Å². The summed E-state index contributed by atoms with van der Waals surface area (Å²) >= 11 is 0. The predicted octanol–water partition coefficient (Wildman–Crippen LogP) is 6.00. The van der Waals surface area contributed by atoms with E-state index in [1.165, 1.54) is 56.1 Å². The van der Waals surface area contributed by atoms with Crippen molar-refractivity contribution in [3.05, 3.63) is 41.5 Å². The molecule has 3 heteroatoms. The third-order valence-corrected chi connectivity index (χ3v) is 5.56. The first-order valence-corrected chi connectivity index (χ1v) is 9.95. The summed E-state index contributed by atoms with van der Waals surface area (Å²) in [5, 5.41) is 0. The van der Waals surface area contributed by atoms with Crippen LogP contribution in [0.3, 0.4) is 0 Å². The maximum atomic E-state index is 5.74. The lowest BCUT2D eigenvalue weighted by Crippen LogP contribution is -2.41. The Kier molecular flexibility index (Phi) is 6.69. The quantitative estimate of drug-likeness (QED) is 0.627. The molecule has 0 radical (unpaired) electrons. The SMILES string of the molecule is CCC1(C)OCC(/C=C/c2ccc(C3CCCCCCC3)cc2)OO1. The van der Waals surface area contributed by atoms with Crippen LogP contribution in [0.25, 0.3) is 6.08 Å². The Labute approximate surface area is 152 Å². The zero-order valence-electron chi connectivity index (χ0n) is 15.7. The van der Waals surface area contributed by atoms with Crippen LogP contribution in [0.1, 0.15) is 82.3 Å². The lowest BCUT2D eigenvalue weighted by molar-refractivity contribution is -0.474. The van der Waals surface area contributed by atoms with Crippen molar-refractivity contribution in [2.24, 2.45) is 0 Å². The number of hydrogen-bond acceptors (Lipinski definition) is 3. The number of ether oxygens (including phenoxy) is 1. The number of hydrogen-bond donors (Lipinski definition) is 0. The first-order valence-electron chi connectivity index (χ1n) is 9.95. The van der Waals surface area contributed by atoms with E-state index in [0.717, 1.165) is 12.3 Å². The Morgan fingerprint density at radius 1 is 1.04 bits per heavy atom. The van der Waals surface area contributed by atoms with Crippen LogP contribution in [0.2, 0.25) is 0 Å². The van der Waals surface area contributed by atoms with Crippen molar-refractivity contribution >= 4 is 6.08 Å². The fourth-order valence-corrected chi connectivity index (χ4v) is 3.61. The van der Waals surface area contributed by atoms with Crippen molar-refractivity contribution in [3.8, 4) is 0 Å². The molecular weight excluding hydrogens is 312 g/mol. The predicted molar refractivity (Wildman–Crippen MR) is 101 cm³/mol. The monoisotopic (exact) mass is 344 g/mol. The molecular formula is C22H32O3. The molecule has 1 heterocycles. The van der Waals surface area contributed by atoms with Crippen molar-refractivity contribution < 1.29 is 14.5 Å². The lowest BCUT2D eigenvalue weighted by Gasteiger charge is -2.34.